The number of aromatic nitrogens is 3. The van der Waals surface area contributed by atoms with E-state index in [4.69, 9.17) is 5.73 Å². The number of hydrogen-bond donors (Lipinski definition) is 1. The van der Waals surface area contributed by atoms with Gasteiger partial charge in [0.1, 0.15) is 5.69 Å². The van der Waals surface area contributed by atoms with E-state index in [9.17, 15) is 4.79 Å². The Morgan fingerprint density at radius 2 is 1.95 bits per heavy atom. The normalized spacial score (nSPS) is 10.9. The zero-order valence-corrected chi connectivity index (χ0v) is 11.3. The van der Waals surface area contributed by atoms with Crippen molar-refractivity contribution in [3.05, 3.63) is 47.7 Å². The van der Waals surface area contributed by atoms with Gasteiger partial charge in [0.05, 0.1) is 11.2 Å². The molecule has 0 fully saturated rings. The van der Waals surface area contributed by atoms with Crippen molar-refractivity contribution >= 4 is 17.2 Å². The van der Waals surface area contributed by atoms with Crippen molar-refractivity contribution in [2.45, 2.75) is 13.8 Å². The van der Waals surface area contributed by atoms with Crippen LogP contribution < -0.4 is 5.73 Å². The lowest BCUT2D eigenvalue weighted by Crippen LogP contribution is -2.05. The van der Waals surface area contributed by atoms with Crippen molar-refractivity contribution < 1.29 is 4.79 Å². The second-order valence-electron chi connectivity index (χ2n) is 4.68. The minimum Gasteiger partial charge on any atom is -0.368 e. The molecule has 0 bridgehead atoms. The number of aryl methyl sites for hydroxylation is 1. The fourth-order valence-electron chi connectivity index (χ4n) is 2.29. The molecule has 0 spiro atoms. The molecule has 100 valence electrons. The van der Waals surface area contributed by atoms with Crippen LogP contribution in [0.3, 0.4) is 0 Å². The van der Waals surface area contributed by atoms with E-state index in [1.807, 2.05) is 30.3 Å². The van der Waals surface area contributed by atoms with Gasteiger partial charge >= 0.3 is 0 Å². The van der Waals surface area contributed by atoms with Crippen LogP contribution in [0.1, 0.15) is 23.0 Å². The van der Waals surface area contributed by atoms with Crippen molar-refractivity contribution in [3.8, 4) is 11.3 Å². The number of ketones is 1. The van der Waals surface area contributed by atoms with Crippen LogP contribution in [-0.2, 0) is 0 Å². The second-order valence-corrected chi connectivity index (χ2v) is 4.68. The van der Waals surface area contributed by atoms with Gasteiger partial charge in [-0.2, -0.15) is 9.61 Å². The van der Waals surface area contributed by atoms with Crippen molar-refractivity contribution in [2.75, 3.05) is 5.73 Å². The van der Waals surface area contributed by atoms with Gasteiger partial charge in [-0.3, -0.25) is 4.79 Å². The Kier molecular flexibility index (Phi) is 2.75. The van der Waals surface area contributed by atoms with Gasteiger partial charge in [0.25, 0.3) is 0 Å². The summed E-state index contributed by atoms with van der Waals surface area (Å²) in [7, 11) is 0. The van der Waals surface area contributed by atoms with Gasteiger partial charge in [-0.15, -0.1) is 0 Å². The number of nitrogens with two attached hydrogens (primary N) is 1. The van der Waals surface area contributed by atoms with E-state index < -0.39 is 0 Å². The number of hydrogen-bond acceptors (Lipinski definition) is 4. The Hall–Kier alpha value is -2.69. The van der Waals surface area contributed by atoms with Gasteiger partial charge in [0.2, 0.25) is 5.95 Å². The smallest absolute Gasteiger partial charge is 0.222 e. The standard InChI is InChI=1S/C15H14N4O/c1-9-12(10(2)20)8-13-14(11-6-4-3-5-7-11)17-15(16)19(13)18-9/h3-8H,1-2H3,(H2,16,17). The molecule has 2 aromatic heterocycles. The molecule has 0 amide bonds. The highest BCUT2D eigenvalue weighted by Gasteiger charge is 2.15. The third kappa shape index (κ3) is 1.84. The molecule has 0 aliphatic heterocycles. The lowest BCUT2D eigenvalue weighted by Gasteiger charge is -2.04. The number of rotatable bonds is 2. The van der Waals surface area contributed by atoms with E-state index in [0.29, 0.717) is 17.2 Å². The highest BCUT2D eigenvalue weighted by Crippen LogP contribution is 2.26. The number of Topliss-reactive ketones (excluding diaryl/α,β-unsaturated/α-hetero) is 1. The maximum Gasteiger partial charge on any atom is 0.222 e. The van der Waals surface area contributed by atoms with E-state index in [1.165, 1.54) is 6.92 Å². The van der Waals surface area contributed by atoms with Crippen molar-refractivity contribution in [3.63, 3.8) is 0 Å². The summed E-state index contributed by atoms with van der Waals surface area (Å²) in [5.41, 5.74) is 9.57. The molecule has 0 aliphatic rings. The summed E-state index contributed by atoms with van der Waals surface area (Å²) in [4.78, 5) is 16.0. The molecule has 2 heterocycles. The third-order valence-corrected chi connectivity index (χ3v) is 3.26. The molecule has 0 saturated heterocycles. The van der Waals surface area contributed by atoms with Gasteiger partial charge in [-0.1, -0.05) is 30.3 Å². The first-order valence-electron chi connectivity index (χ1n) is 6.30. The molecule has 0 radical (unpaired) electrons. The predicted octanol–water partition coefficient (Wildman–Crippen LogP) is 2.49. The molecular formula is C15H14N4O. The van der Waals surface area contributed by atoms with E-state index in [1.54, 1.807) is 17.5 Å². The number of nitrogens with zero attached hydrogens (tertiary/aromatic N) is 3. The quantitative estimate of drug-likeness (QED) is 0.723. The highest BCUT2D eigenvalue weighted by atomic mass is 16.1. The minimum atomic E-state index is -0.0173. The topological polar surface area (TPSA) is 73.3 Å². The van der Waals surface area contributed by atoms with Crippen LogP contribution in [0.2, 0.25) is 0 Å². The molecule has 5 nitrogen and oxygen atoms in total. The molecule has 2 N–H and O–H groups in total. The van der Waals surface area contributed by atoms with Crippen LogP contribution in [0, 0.1) is 6.92 Å². The van der Waals surface area contributed by atoms with Crippen LogP contribution in [0.15, 0.2) is 36.4 Å². The molecule has 0 saturated carbocycles. The van der Waals surface area contributed by atoms with Crippen molar-refractivity contribution in [1.29, 1.82) is 0 Å². The molecule has 1 aromatic carbocycles. The SMILES string of the molecule is CC(=O)c1cc2c(-c3ccccc3)nc(N)n2nc1C. The molecule has 3 aromatic rings. The van der Waals surface area contributed by atoms with Gasteiger partial charge in [0, 0.05) is 11.1 Å². The molecule has 0 atom stereocenters. The zero-order chi connectivity index (χ0) is 14.3. The van der Waals surface area contributed by atoms with E-state index in [2.05, 4.69) is 10.1 Å². The number of nitrogen functional groups attached to an aromatic ring is 1. The van der Waals surface area contributed by atoms with Gasteiger partial charge in [-0.25, -0.2) is 4.98 Å². The number of benzene rings is 1. The molecular weight excluding hydrogens is 252 g/mol. The van der Waals surface area contributed by atoms with E-state index in [0.717, 1.165) is 16.8 Å². The first-order valence-corrected chi connectivity index (χ1v) is 6.30. The first kappa shape index (κ1) is 12.3. The van der Waals surface area contributed by atoms with E-state index >= 15 is 0 Å². The fraction of sp³-hybridized carbons (Fsp3) is 0.133. The number of fused-ring (bicyclic) bond motifs is 1. The molecule has 0 unspecified atom stereocenters. The second kappa shape index (κ2) is 4.45. The summed E-state index contributed by atoms with van der Waals surface area (Å²) < 4.78 is 1.57. The maximum atomic E-state index is 11.7. The summed E-state index contributed by atoms with van der Waals surface area (Å²) in [6.45, 7) is 3.32. The van der Waals surface area contributed by atoms with Crippen LogP contribution >= 0.6 is 0 Å². The molecule has 5 heteroatoms. The van der Waals surface area contributed by atoms with Gasteiger partial charge in [0.15, 0.2) is 5.78 Å². The predicted molar refractivity (Wildman–Crippen MR) is 77.6 cm³/mol. The minimum absolute atomic E-state index is 0.0173. The van der Waals surface area contributed by atoms with Crippen molar-refractivity contribution in [2.24, 2.45) is 0 Å². The Balaban J connectivity index is 2.34. The Morgan fingerprint density at radius 3 is 2.60 bits per heavy atom. The highest BCUT2D eigenvalue weighted by molar-refractivity contribution is 5.97. The van der Waals surface area contributed by atoms with Crippen LogP contribution in [0.5, 0.6) is 0 Å². The van der Waals surface area contributed by atoms with Crippen LogP contribution in [0.25, 0.3) is 16.8 Å². The summed E-state index contributed by atoms with van der Waals surface area (Å²) in [6, 6.07) is 11.5. The number of carbonyl (C=O) groups is 1. The van der Waals surface area contributed by atoms with Crippen LogP contribution in [-0.4, -0.2) is 20.4 Å². The number of carbonyl (C=O) groups excluding carboxylic acids is 1. The summed E-state index contributed by atoms with van der Waals surface area (Å²) >= 11 is 0. The first-order chi connectivity index (χ1) is 9.58. The Bertz CT molecular complexity index is 806. The molecule has 0 aliphatic carbocycles. The van der Waals surface area contributed by atoms with Gasteiger partial charge in [-0.05, 0) is 19.9 Å². The zero-order valence-electron chi connectivity index (χ0n) is 11.3. The molecule has 3 rings (SSSR count). The number of anilines is 1. The average molecular weight is 266 g/mol. The summed E-state index contributed by atoms with van der Waals surface area (Å²) in [5, 5.41) is 4.35. The Morgan fingerprint density at radius 1 is 1.25 bits per heavy atom. The fourth-order valence-corrected chi connectivity index (χ4v) is 2.29. The largest absolute Gasteiger partial charge is 0.368 e. The van der Waals surface area contributed by atoms with E-state index in [-0.39, 0.29) is 5.78 Å². The lowest BCUT2D eigenvalue weighted by atomic mass is 10.1. The number of imidazole rings is 1. The summed E-state index contributed by atoms with van der Waals surface area (Å²) in [6.07, 6.45) is 0. The van der Waals surface area contributed by atoms with Crippen molar-refractivity contribution in [1.82, 2.24) is 14.6 Å². The average Bonchev–Trinajstić information content (AvgIpc) is 2.75. The maximum absolute atomic E-state index is 11.7. The monoisotopic (exact) mass is 266 g/mol. The molecule has 20 heavy (non-hydrogen) atoms. The Labute approximate surface area is 116 Å². The van der Waals surface area contributed by atoms with Gasteiger partial charge < -0.3 is 5.73 Å². The van der Waals surface area contributed by atoms with Crippen LogP contribution in [0.4, 0.5) is 5.95 Å². The summed E-state index contributed by atoms with van der Waals surface area (Å²) in [5.74, 6) is 0.299. The lowest BCUT2D eigenvalue weighted by molar-refractivity contribution is 0.101. The third-order valence-electron chi connectivity index (χ3n) is 3.26.